The van der Waals surface area contributed by atoms with E-state index in [0.717, 1.165) is 48.6 Å². The molecule has 1 aliphatic rings. The van der Waals surface area contributed by atoms with E-state index in [1.165, 1.54) is 0 Å². The lowest BCUT2D eigenvalue weighted by Crippen LogP contribution is -2.31. The van der Waals surface area contributed by atoms with Gasteiger partial charge in [-0.2, -0.15) is 0 Å². The van der Waals surface area contributed by atoms with Gasteiger partial charge in [0.15, 0.2) is 0 Å². The smallest absolute Gasteiger partial charge is 0.251 e. The van der Waals surface area contributed by atoms with Crippen LogP contribution in [0.3, 0.4) is 0 Å². The summed E-state index contributed by atoms with van der Waals surface area (Å²) in [4.78, 5) is 19.2. The Morgan fingerprint density at radius 3 is 2.88 bits per heavy atom. The first-order valence-electron chi connectivity index (χ1n) is 8.83. The SMILES string of the molecule is Cc1c(NCc2ccccn2)cccc1C(=O)NC[C@@H]1CCN(C)C1. The number of nitrogens with one attached hydrogen (secondary N) is 2. The Hall–Kier alpha value is -2.40. The van der Waals surface area contributed by atoms with E-state index in [-0.39, 0.29) is 5.91 Å². The molecule has 0 aliphatic carbocycles. The van der Waals surface area contributed by atoms with Crippen LogP contribution >= 0.6 is 0 Å². The van der Waals surface area contributed by atoms with Gasteiger partial charge in [0.05, 0.1) is 12.2 Å². The zero-order chi connectivity index (χ0) is 17.6. The third-order valence-electron chi connectivity index (χ3n) is 4.80. The van der Waals surface area contributed by atoms with Crippen LogP contribution in [-0.2, 0) is 6.54 Å². The minimum Gasteiger partial charge on any atom is -0.379 e. The van der Waals surface area contributed by atoms with Gasteiger partial charge in [-0.05, 0) is 62.7 Å². The normalized spacial score (nSPS) is 17.4. The van der Waals surface area contributed by atoms with Crippen molar-refractivity contribution in [3.63, 3.8) is 0 Å². The van der Waals surface area contributed by atoms with E-state index in [2.05, 4.69) is 27.6 Å². The van der Waals surface area contributed by atoms with Gasteiger partial charge >= 0.3 is 0 Å². The van der Waals surface area contributed by atoms with Crippen molar-refractivity contribution in [3.8, 4) is 0 Å². The number of nitrogens with zero attached hydrogens (tertiary/aromatic N) is 2. The Kier molecular flexibility index (Phi) is 5.66. The van der Waals surface area contributed by atoms with Crippen molar-refractivity contribution in [3.05, 3.63) is 59.4 Å². The molecule has 0 bridgehead atoms. The van der Waals surface area contributed by atoms with E-state index in [0.29, 0.717) is 12.5 Å². The third kappa shape index (κ3) is 4.57. The Labute approximate surface area is 149 Å². The van der Waals surface area contributed by atoms with Crippen molar-refractivity contribution in [2.75, 3.05) is 32.0 Å². The van der Waals surface area contributed by atoms with E-state index in [1.807, 2.05) is 43.3 Å². The number of amides is 1. The lowest BCUT2D eigenvalue weighted by atomic mass is 10.0. The van der Waals surface area contributed by atoms with Gasteiger partial charge in [-0.3, -0.25) is 9.78 Å². The second-order valence-corrected chi connectivity index (χ2v) is 6.78. The zero-order valence-corrected chi connectivity index (χ0v) is 15.0. The van der Waals surface area contributed by atoms with E-state index < -0.39 is 0 Å². The number of aromatic nitrogens is 1. The molecule has 1 fully saturated rings. The quantitative estimate of drug-likeness (QED) is 0.850. The van der Waals surface area contributed by atoms with Crippen molar-refractivity contribution < 1.29 is 4.79 Å². The average Bonchev–Trinajstić information content (AvgIpc) is 3.05. The van der Waals surface area contributed by atoms with Crippen molar-refractivity contribution >= 4 is 11.6 Å². The fourth-order valence-corrected chi connectivity index (χ4v) is 3.29. The second kappa shape index (κ2) is 8.12. The first-order valence-corrected chi connectivity index (χ1v) is 8.83. The Bertz CT molecular complexity index is 717. The number of likely N-dealkylation sites (tertiary alicyclic amines) is 1. The lowest BCUT2D eigenvalue weighted by molar-refractivity contribution is 0.0947. The maximum absolute atomic E-state index is 12.6. The number of carbonyl (C=O) groups excluding carboxylic acids is 1. The summed E-state index contributed by atoms with van der Waals surface area (Å²) < 4.78 is 0. The molecular formula is C20H26N4O. The van der Waals surface area contributed by atoms with Crippen molar-refractivity contribution in [2.24, 2.45) is 5.92 Å². The van der Waals surface area contributed by atoms with Gasteiger partial charge < -0.3 is 15.5 Å². The van der Waals surface area contributed by atoms with Crippen LogP contribution in [0.15, 0.2) is 42.6 Å². The van der Waals surface area contributed by atoms with Gasteiger partial charge in [0.2, 0.25) is 0 Å². The summed E-state index contributed by atoms with van der Waals surface area (Å²) in [5.41, 5.74) is 3.65. The van der Waals surface area contributed by atoms with Crippen LogP contribution in [-0.4, -0.2) is 42.5 Å². The molecule has 2 aromatic rings. The molecule has 0 radical (unpaired) electrons. The molecule has 5 nitrogen and oxygen atoms in total. The van der Waals surface area contributed by atoms with Crippen LogP contribution in [0, 0.1) is 12.8 Å². The Balaban J connectivity index is 1.60. The number of carbonyl (C=O) groups is 1. The summed E-state index contributed by atoms with van der Waals surface area (Å²) in [6.45, 7) is 5.55. The van der Waals surface area contributed by atoms with Crippen molar-refractivity contribution in [2.45, 2.75) is 19.9 Å². The molecule has 132 valence electrons. The van der Waals surface area contributed by atoms with Gasteiger partial charge in [0.1, 0.15) is 0 Å². The Morgan fingerprint density at radius 1 is 1.28 bits per heavy atom. The minimum atomic E-state index is 0.00791. The predicted octanol–water partition coefficient (Wildman–Crippen LogP) is 2.68. The first kappa shape index (κ1) is 17.4. The van der Waals surface area contributed by atoms with Gasteiger partial charge in [0.25, 0.3) is 5.91 Å². The van der Waals surface area contributed by atoms with Crippen molar-refractivity contribution in [1.29, 1.82) is 0 Å². The van der Waals surface area contributed by atoms with Crippen LogP contribution in [0.4, 0.5) is 5.69 Å². The number of benzene rings is 1. The van der Waals surface area contributed by atoms with E-state index in [9.17, 15) is 4.79 Å². The van der Waals surface area contributed by atoms with Gasteiger partial charge in [-0.15, -0.1) is 0 Å². The van der Waals surface area contributed by atoms with Crippen molar-refractivity contribution in [1.82, 2.24) is 15.2 Å². The molecule has 1 atom stereocenters. The predicted molar refractivity (Wildman–Crippen MR) is 101 cm³/mol. The van der Waals surface area contributed by atoms with Crippen LogP contribution in [0.25, 0.3) is 0 Å². The largest absolute Gasteiger partial charge is 0.379 e. The summed E-state index contributed by atoms with van der Waals surface area (Å²) in [6.07, 6.45) is 2.94. The molecule has 1 amide bonds. The van der Waals surface area contributed by atoms with Crippen LogP contribution in [0.2, 0.25) is 0 Å². The van der Waals surface area contributed by atoms with Gasteiger partial charge in [-0.1, -0.05) is 12.1 Å². The highest BCUT2D eigenvalue weighted by Crippen LogP contribution is 2.20. The standard InChI is InChI=1S/C20H26N4O/c1-15-18(20(25)23-12-16-9-11-24(2)14-16)7-5-8-19(15)22-13-17-6-3-4-10-21-17/h3-8,10,16,22H,9,11-14H2,1-2H3,(H,23,25)/t16-/m0/s1. The molecule has 5 heteroatoms. The molecule has 3 rings (SSSR count). The number of anilines is 1. The summed E-state index contributed by atoms with van der Waals surface area (Å²) in [7, 11) is 2.13. The highest BCUT2D eigenvalue weighted by Gasteiger charge is 2.20. The number of hydrogen-bond acceptors (Lipinski definition) is 4. The molecule has 1 saturated heterocycles. The fraction of sp³-hybridized carbons (Fsp3) is 0.400. The van der Waals surface area contributed by atoms with Gasteiger partial charge in [0, 0.05) is 30.5 Å². The molecule has 0 saturated carbocycles. The van der Waals surface area contributed by atoms with Gasteiger partial charge in [-0.25, -0.2) is 0 Å². The molecule has 25 heavy (non-hydrogen) atoms. The third-order valence-corrected chi connectivity index (χ3v) is 4.80. The van der Waals surface area contributed by atoms with Crippen LogP contribution in [0.1, 0.15) is 28.0 Å². The van der Waals surface area contributed by atoms with Crippen LogP contribution in [0.5, 0.6) is 0 Å². The molecular weight excluding hydrogens is 312 g/mol. The summed E-state index contributed by atoms with van der Waals surface area (Å²) in [6, 6.07) is 11.7. The highest BCUT2D eigenvalue weighted by molar-refractivity contribution is 5.97. The van der Waals surface area contributed by atoms with E-state index in [1.54, 1.807) is 6.20 Å². The molecule has 2 heterocycles. The fourth-order valence-electron chi connectivity index (χ4n) is 3.29. The zero-order valence-electron chi connectivity index (χ0n) is 15.0. The maximum Gasteiger partial charge on any atom is 0.251 e. The number of rotatable bonds is 6. The summed E-state index contributed by atoms with van der Waals surface area (Å²) >= 11 is 0. The van der Waals surface area contributed by atoms with E-state index in [4.69, 9.17) is 0 Å². The molecule has 1 aromatic carbocycles. The van der Waals surface area contributed by atoms with Crippen LogP contribution < -0.4 is 10.6 Å². The number of pyridine rings is 1. The minimum absolute atomic E-state index is 0.00791. The highest BCUT2D eigenvalue weighted by atomic mass is 16.1. The lowest BCUT2D eigenvalue weighted by Gasteiger charge is -2.15. The molecule has 0 spiro atoms. The molecule has 1 aliphatic heterocycles. The Morgan fingerprint density at radius 2 is 2.16 bits per heavy atom. The monoisotopic (exact) mass is 338 g/mol. The maximum atomic E-state index is 12.6. The number of hydrogen-bond donors (Lipinski definition) is 2. The molecule has 1 aromatic heterocycles. The second-order valence-electron chi connectivity index (χ2n) is 6.78. The molecule has 0 unspecified atom stereocenters. The first-order chi connectivity index (χ1) is 12.1. The average molecular weight is 338 g/mol. The summed E-state index contributed by atoms with van der Waals surface area (Å²) in [5, 5.41) is 6.48. The molecule has 2 N–H and O–H groups in total. The summed E-state index contributed by atoms with van der Waals surface area (Å²) in [5.74, 6) is 0.563. The topological polar surface area (TPSA) is 57.3 Å². The van der Waals surface area contributed by atoms with E-state index >= 15 is 0 Å².